The van der Waals surface area contributed by atoms with Crippen LogP contribution in [0.25, 0.3) is 0 Å². The van der Waals surface area contributed by atoms with E-state index in [-0.39, 0.29) is 17.9 Å². The Bertz CT molecular complexity index is 460. The second kappa shape index (κ2) is 4.49. The van der Waals surface area contributed by atoms with Crippen molar-refractivity contribution >= 4 is 11.8 Å². The predicted octanol–water partition coefficient (Wildman–Crippen LogP) is 0.820. The van der Waals surface area contributed by atoms with E-state index >= 15 is 0 Å². The minimum Gasteiger partial charge on any atom is -0.312 e. The van der Waals surface area contributed by atoms with Crippen molar-refractivity contribution in [2.45, 2.75) is 25.3 Å². The molecule has 0 bridgehead atoms. The molecule has 1 atom stereocenters. The van der Waals surface area contributed by atoms with E-state index in [9.17, 15) is 9.59 Å². The fourth-order valence-electron chi connectivity index (χ4n) is 2.60. The second-order valence-electron chi connectivity index (χ2n) is 4.79. The van der Waals surface area contributed by atoms with Gasteiger partial charge in [0.2, 0.25) is 0 Å². The van der Waals surface area contributed by atoms with Gasteiger partial charge in [0.1, 0.15) is 0 Å². The molecule has 18 heavy (non-hydrogen) atoms. The van der Waals surface area contributed by atoms with Crippen molar-refractivity contribution in [3.05, 3.63) is 29.6 Å². The van der Waals surface area contributed by atoms with Crippen molar-refractivity contribution in [1.29, 1.82) is 0 Å². The van der Waals surface area contributed by atoms with Crippen LogP contribution < -0.4 is 5.32 Å². The first-order valence-electron chi connectivity index (χ1n) is 6.31. The second-order valence-corrected chi connectivity index (χ2v) is 4.79. The average molecular weight is 245 g/mol. The summed E-state index contributed by atoms with van der Waals surface area (Å²) in [5.41, 5.74) is 0.907. The van der Waals surface area contributed by atoms with Gasteiger partial charge in [-0.1, -0.05) is 6.42 Å². The number of hydrogen-bond acceptors (Lipinski definition) is 4. The number of amides is 2. The van der Waals surface area contributed by atoms with Gasteiger partial charge in [0.15, 0.2) is 0 Å². The van der Waals surface area contributed by atoms with E-state index in [2.05, 4.69) is 10.3 Å². The minimum atomic E-state index is -0.213. The number of fused-ring (bicyclic) bond motifs is 1. The van der Waals surface area contributed by atoms with E-state index in [1.54, 1.807) is 12.3 Å². The molecule has 1 aromatic rings. The van der Waals surface area contributed by atoms with Crippen molar-refractivity contribution < 1.29 is 9.59 Å². The molecule has 2 aliphatic heterocycles. The smallest absolute Gasteiger partial charge is 0.263 e. The first-order chi connectivity index (χ1) is 8.77. The number of nitrogens with zero attached hydrogens (tertiary/aromatic N) is 2. The van der Waals surface area contributed by atoms with Crippen LogP contribution in [0.2, 0.25) is 0 Å². The Labute approximate surface area is 105 Å². The molecule has 1 aromatic heterocycles. The molecule has 1 fully saturated rings. The lowest BCUT2D eigenvalue weighted by Gasteiger charge is -2.26. The molecular weight excluding hydrogens is 230 g/mol. The highest BCUT2D eigenvalue weighted by Gasteiger charge is 2.36. The van der Waals surface area contributed by atoms with Crippen molar-refractivity contribution in [1.82, 2.24) is 15.2 Å². The molecule has 0 spiro atoms. The van der Waals surface area contributed by atoms with Gasteiger partial charge in [0.05, 0.1) is 11.1 Å². The summed E-state index contributed by atoms with van der Waals surface area (Å²) in [6, 6.07) is 1.85. The predicted molar refractivity (Wildman–Crippen MR) is 65.2 cm³/mol. The summed E-state index contributed by atoms with van der Waals surface area (Å²) >= 11 is 0. The molecule has 94 valence electrons. The summed E-state index contributed by atoms with van der Waals surface area (Å²) in [5, 5.41) is 3.35. The Kier molecular flexibility index (Phi) is 2.83. The number of pyridine rings is 1. The fraction of sp³-hybridized carbons (Fsp3) is 0.462. The van der Waals surface area contributed by atoms with Gasteiger partial charge in [-0.2, -0.15) is 0 Å². The lowest BCUT2D eigenvalue weighted by atomic mass is 10.0. The van der Waals surface area contributed by atoms with Crippen LogP contribution in [0.1, 0.15) is 40.0 Å². The van der Waals surface area contributed by atoms with Gasteiger partial charge in [0, 0.05) is 25.0 Å². The summed E-state index contributed by atoms with van der Waals surface area (Å²) in [4.78, 5) is 29.5. The Morgan fingerprint density at radius 2 is 2.11 bits per heavy atom. The van der Waals surface area contributed by atoms with Crippen LogP contribution in [-0.4, -0.2) is 40.8 Å². The molecule has 2 aliphatic rings. The first kappa shape index (κ1) is 11.3. The zero-order valence-corrected chi connectivity index (χ0v) is 10.1. The maximum Gasteiger partial charge on any atom is 0.263 e. The topological polar surface area (TPSA) is 62.3 Å². The van der Waals surface area contributed by atoms with E-state index in [4.69, 9.17) is 0 Å². The van der Waals surface area contributed by atoms with Crippen molar-refractivity contribution in [3.63, 3.8) is 0 Å². The van der Waals surface area contributed by atoms with Crippen LogP contribution in [-0.2, 0) is 0 Å². The van der Waals surface area contributed by atoms with E-state index in [0.29, 0.717) is 17.7 Å². The summed E-state index contributed by atoms with van der Waals surface area (Å²) in [6.45, 7) is 1.43. The number of carbonyl (C=O) groups excluding carboxylic acids is 2. The maximum absolute atomic E-state index is 12.1. The third-order valence-electron chi connectivity index (χ3n) is 3.59. The summed E-state index contributed by atoms with van der Waals surface area (Å²) in [7, 11) is 0. The monoisotopic (exact) mass is 245 g/mol. The van der Waals surface area contributed by atoms with Gasteiger partial charge < -0.3 is 5.32 Å². The van der Waals surface area contributed by atoms with Crippen LogP contribution in [0.3, 0.4) is 0 Å². The molecule has 2 amide bonds. The molecule has 0 radical (unpaired) electrons. The van der Waals surface area contributed by atoms with E-state index < -0.39 is 0 Å². The third-order valence-corrected chi connectivity index (χ3v) is 3.59. The van der Waals surface area contributed by atoms with E-state index in [0.717, 1.165) is 19.4 Å². The van der Waals surface area contributed by atoms with Gasteiger partial charge in [-0.05, 0) is 25.5 Å². The Morgan fingerprint density at radius 3 is 2.83 bits per heavy atom. The lowest BCUT2D eigenvalue weighted by Crippen LogP contribution is -2.45. The average Bonchev–Trinajstić information content (AvgIpc) is 2.66. The summed E-state index contributed by atoms with van der Waals surface area (Å²) in [5.74, 6) is -0.403. The number of hydrogen-bond donors (Lipinski definition) is 1. The van der Waals surface area contributed by atoms with Crippen molar-refractivity contribution in [2.75, 3.05) is 13.1 Å². The number of nitrogens with one attached hydrogen (secondary N) is 1. The zero-order chi connectivity index (χ0) is 12.5. The summed E-state index contributed by atoms with van der Waals surface area (Å²) < 4.78 is 0. The molecule has 1 saturated heterocycles. The first-order valence-corrected chi connectivity index (χ1v) is 6.31. The standard InChI is InChI=1S/C13H15N3O2/c17-12-10-4-6-14-7-11(10)13(18)16(12)8-9-3-1-2-5-15-9/h4,6-7,9,15H,1-3,5,8H2. The number of rotatable bonds is 2. The van der Waals surface area contributed by atoms with Gasteiger partial charge >= 0.3 is 0 Å². The largest absolute Gasteiger partial charge is 0.312 e. The van der Waals surface area contributed by atoms with Crippen LogP contribution in [0.4, 0.5) is 0 Å². The van der Waals surface area contributed by atoms with Crippen LogP contribution in [0.5, 0.6) is 0 Å². The molecule has 1 unspecified atom stereocenters. The molecule has 3 rings (SSSR count). The van der Waals surface area contributed by atoms with Crippen LogP contribution in [0, 0.1) is 0 Å². The Balaban J connectivity index is 1.79. The maximum atomic E-state index is 12.1. The highest BCUT2D eigenvalue weighted by Crippen LogP contribution is 2.22. The number of piperidine rings is 1. The number of imide groups is 1. The molecule has 0 aliphatic carbocycles. The zero-order valence-electron chi connectivity index (χ0n) is 10.1. The van der Waals surface area contributed by atoms with Gasteiger partial charge in [-0.3, -0.25) is 19.5 Å². The molecule has 0 saturated carbocycles. The number of aromatic nitrogens is 1. The molecule has 5 nitrogen and oxygen atoms in total. The minimum absolute atomic E-state index is 0.190. The number of carbonyl (C=O) groups is 2. The molecule has 3 heterocycles. The van der Waals surface area contributed by atoms with Gasteiger partial charge in [0.25, 0.3) is 11.8 Å². The SMILES string of the molecule is O=C1c2ccncc2C(=O)N1CC1CCCCN1. The van der Waals surface area contributed by atoms with Crippen LogP contribution >= 0.6 is 0 Å². The van der Waals surface area contributed by atoms with Gasteiger partial charge in [-0.25, -0.2) is 0 Å². The molecular formula is C13H15N3O2. The third kappa shape index (κ3) is 1.80. The highest BCUT2D eigenvalue weighted by atomic mass is 16.2. The molecule has 5 heteroatoms. The molecule has 0 aromatic carbocycles. The highest BCUT2D eigenvalue weighted by molar-refractivity contribution is 6.21. The van der Waals surface area contributed by atoms with Gasteiger partial charge in [-0.15, -0.1) is 0 Å². The quantitative estimate of drug-likeness (QED) is 0.784. The Hall–Kier alpha value is -1.75. The normalized spacial score (nSPS) is 23.3. The summed E-state index contributed by atoms with van der Waals surface area (Å²) in [6.07, 6.45) is 6.37. The van der Waals surface area contributed by atoms with Crippen LogP contribution in [0.15, 0.2) is 18.5 Å². The Morgan fingerprint density at radius 1 is 1.28 bits per heavy atom. The van der Waals surface area contributed by atoms with E-state index in [1.165, 1.54) is 17.5 Å². The fourth-order valence-corrected chi connectivity index (χ4v) is 2.60. The van der Waals surface area contributed by atoms with Crippen molar-refractivity contribution in [3.8, 4) is 0 Å². The van der Waals surface area contributed by atoms with E-state index in [1.807, 2.05) is 0 Å². The van der Waals surface area contributed by atoms with Crippen molar-refractivity contribution in [2.24, 2.45) is 0 Å². The lowest BCUT2D eigenvalue weighted by molar-refractivity contribution is 0.0632. The molecule has 1 N–H and O–H groups in total.